The van der Waals surface area contributed by atoms with Gasteiger partial charge in [-0.1, -0.05) is 12.1 Å². The fourth-order valence-electron chi connectivity index (χ4n) is 3.76. The molecule has 1 aliphatic heterocycles. The number of hydrogen-bond acceptors (Lipinski definition) is 6. The Morgan fingerprint density at radius 3 is 2.38 bits per heavy atom. The van der Waals surface area contributed by atoms with Crippen LogP contribution in [0.15, 0.2) is 42.5 Å². The van der Waals surface area contributed by atoms with E-state index in [4.69, 9.17) is 14.2 Å². The summed E-state index contributed by atoms with van der Waals surface area (Å²) in [5.41, 5.74) is 1.60. The Hall–Kier alpha value is -3.26. The van der Waals surface area contributed by atoms with Crippen LogP contribution in [0.4, 0.5) is 5.69 Å². The number of piperidine rings is 1. The molecule has 172 valence electrons. The summed E-state index contributed by atoms with van der Waals surface area (Å²) in [5.74, 6) is 1.88. The third kappa shape index (κ3) is 6.37. The van der Waals surface area contributed by atoms with E-state index in [9.17, 15) is 9.59 Å². The summed E-state index contributed by atoms with van der Waals surface area (Å²) >= 11 is 0. The van der Waals surface area contributed by atoms with E-state index < -0.39 is 0 Å². The first-order valence-electron chi connectivity index (χ1n) is 10.7. The van der Waals surface area contributed by atoms with Crippen molar-refractivity contribution in [1.29, 1.82) is 0 Å². The number of methoxy groups -OCH3 is 3. The van der Waals surface area contributed by atoms with Crippen molar-refractivity contribution in [1.82, 2.24) is 10.2 Å². The number of ether oxygens (including phenoxy) is 3. The van der Waals surface area contributed by atoms with Crippen LogP contribution in [-0.2, 0) is 16.1 Å². The van der Waals surface area contributed by atoms with Gasteiger partial charge in [-0.15, -0.1) is 0 Å². The number of anilines is 1. The average Bonchev–Trinajstić information content (AvgIpc) is 2.83. The zero-order valence-corrected chi connectivity index (χ0v) is 18.8. The molecule has 1 fully saturated rings. The smallest absolute Gasteiger partial charge is 0.238 e. The molecule has 2 amide bonds. The van der Waals surface area contributed by atoms with Crippen LogP contribution in [0.3, 0.4) is 0 Å². The normalized spacial score (nSPS) is 14.5. The molecule has 0 bridgehead atoms. The molecule has 1 heterocycles. The lowest BCUT2D eigenvalue weighted by Crippen LogP contribution is -2.43. The van der Waals surface area contributed by atoms with Crippen LogP contribution < -0.4 is 24.8 Å². The Labute approximate surface area is 188 Å². The molecule has 1 saturated heterocycles. The molecule has 0 aromatic heterocycles. The maximum Gasteiger partial charge on any atom is 0.238 e. The topological polar surface area (TPSA) is 89.1 Å². The van der Waals surface area contributed by atoms with E-state index in [1.807, 2.05) is 24.3 Å². The number of nitrogens with zero attached hydrogens (tertiary/aromatic N) is 1. The van der Waals surface area contributed by atoms with E-state index in [1.54, 1.807) is 39.5 Å². The molecule has 3 rings (SSSR count). The van der Waals surface area contributed by atoms with Crippen molar-refractivity contribution in [3.05, 3.63) is 48.0 Å². The fraction of sp³-hybridized carbons (Fsp3) is 0.417. The third-order valence-corrected chi connectivity index (χ3v) is 5.61. The van der Waals surface area contributed by atoms with Gasteiger partial charge in [0.1, 0.15) is 17.2 Å². The Bertz CT molecular complexity index is 926. The summed E-state index contributed by atoms with van der Waals surface area (Å²) < 4.78 is 15.7. The molecule has 32 heavy (non-hydrogen) atoms. The molecule has 0 aliphatic carbocycles. The van der Waals surface area contributed by atoms with E-state index in [0.717, 1.165) is 24.2 Å². The lowest BCUT2D eigenvalue weighted by atomic mass is 9.96. The molecule has 0 radical (unpaired) electrons. The highest BCUT2D eigenvalue weighted by atomic mass is 16.5. The monoisotopic (exact) mass is 441 g/mol. The molecule has 0 atom stereocenters. The SMILES string of the molecule is COc1cccc(CNC(=O)C2CCN(CC(=O)Nc3ccc(OC)cc3OC)CC2)c1. The number of hydrogen-bond donors (Lipinski definition) is 2. The predicted octanol–water partition coefficient (Wildman–Crippen LogP) is 2.68. The van der Waals surface area contributed by atoms with Gasteiger partial charge in [-0.3, -0.25) is 14.5 Å². The number of nitrogens with one attached hydrogen (secondary N) is 2. The van der Waals surface area contributed by atoms with Crippen LogP contribution in [0.25, 0.3) is 0 Å². The minimum atomic E-state index is -0.116. The number of likely N-dealkylation sites (tertiary alicyclic amines) is 1. The molecule has 0 unspecified atom stereocenters. The van der Waals surface area contributed by atoms with Crippen molar-refractivity contribution < 1.29 is 23.8 Å². The van der Waals surface area contributed by atoms with Gasteiger partial charge in [0, 0.05) is 18.5 Å². The minimum Gasteiger partial charge on any atom is -0.497 e. The second-order valence-electron chi connectivity index (χ2n) is 7.73. The first-order valence-corrected chi connectivity index (χ1v) is 10.7. The fourth-order valence-corrected chi connectivity index (χ4v) is 3.76. The van der Waals surface area contributed by atoms with Crippen LogP contribution >= 0.6 is 0 Å². The van der Waals surface area contributed by atoms with E-state index in [1.165, 1.54) is 0 Å². The molecule has 0 spiro atoms. The Balaban J connectivity index is 1.43. The van der Waals surface area contributed by atoms with Crippen molar-refractivity contribution in [3.63, 3.8) is 0 Å². The largest absolute Gasteiger partial charge is 0.497 e. The van der Waals surface area contributed by atoms with Gasteiger partial charge < -0.3 is 24.8 Å². The highest BCUT2D eigenvalue weighted by Crippen LogP contribution is 2.29. The number of carbonyl (C=O) groups is 2. The van der Waals surface area contributed by atoms with Gasteiger partial charge in [-0.2, -0.15) is 0 Å². The zero-order valence-electron chi connectivity index (χ0n) is 18.8. The van der Waals surface area contributed by atoms with Gasteiger partial charge in [0.05, 0.1) is 33.6 Å². The number of amides is 2. The van der Waals surface area contributed by atoms with Crippen LogP contribution in [0.5, 0.6) is 17.2 Å². The molecule has 2 N–H and O–H groups in total. The first-order chi connectivity index (χ1) is 15.5. The highest BCUT2D eigenvalue weighted by Gasteiger charge is 2.26. The van der Waals surface area contributed by atoms with Crippen molar-refractivity contribution in [2.45, 2.75) is 19.4 Å². The summed E-state index contributed by atoms with van der Waals surface area (Å²) in [7, 11) is 4.75. The average molecular weight is 442 g/mol. The van der Waals surface area contributed by atoms with E-state index in [2.05, 4.69) is 15.5 Å². The quantitative estimate of drug-likeness (QED) is 0.622. The second-order valence-corrected chi connectivity index (χ2v) is 7.73. The maximum atomic E-state index is 12.6. The summed E-state index contributed by atoms with van der Waals surface area (Å²) in [6.45, 7) is 2.14. The maximum absolute atomic E-state index is 12.6. The Morgan fingerprint density at radius 1 is 0.969 bits per heavy atom. The van der Waals surface area contributed by atoms with Gasteiger partial charge in [0.15, 0.2) is 0 Å². The molecule has 1 aliphatic rings. The van der Waals surface area contributed by atoms with Gasteiger partial charge in [0.25, 0.3) is 0 Å². The summed E-state index contributed by atoms with van der Waals surface area (Å²) in [6, 6.07) is 12.9. The third-order valence-electron chi connectivity index (χ3n) is 5.61. The number of carbonyl (C=O) groups excluding carboxylic acids is 2. The molecule has 2 aromatic rings. The van der Waals surface area contributed by atoms with Gasteiger partial charge in [-0.25, -0.2) is 0 Å². The van der Waals surface area contributed by atoms with Gasteiger partial charge in [0.2, 0.25) is 11.8 Å². The van der Waals surface area contributed by atoms with Crippen molar-refractivity contribution in [2.75, 3.05) is 46.3 Å². The van der Waals surface area contributed by atoms with Crippen LogP contribution in [0.2, 0.25) is 0 Å². The van der Waals surface area contributed by atoms with E-state index in [0.29, 0.717) is 36.8 Å². The van der Waals surface area contributed by atoms with Gasteiger partial charge in [-0.05, 0) is 55.8 Å². The predicted molar refractivity (Wildman–Crippen MR) is 122 cm³/mol. The first kappa shape index (κ1) is 23.4. The molecule has 8 heteroatoms. The van der Waals surface area contributed by atoms with E-state index in [-0.39, 0.29) is 24.3 Å². The molecule has 8 nitrogen and oxygen atoms in total. The zero-order chi connectivity index (χ0) is 22.9. The summed E-state index contributed by atoms with van der Waals surface area (Å²) in [4.78, 5) is 27.1. The molecular formula is C24H31N3O5. The van der Waals surface area contributed by atoms with Crippen molar-refractivity contribution in [2.24, 2.45) is 5.92 Å². The lowest BCUT2D eigenvalue weighted by Gasteiger charge is -2.30. The van der Waals surface area contributed by atoms with Crippen LogP contribution in [0.1, 0.15) is 18.4 Å². The summed E-state index contributed by atoms with van der Waals surface area (Å²) in [5, 5.41) is 5.90. The van der Waals surface area contributed by atoms with Crippen molar-refractivity contribution >= 4 is 17.5 Å². The molecular weight excluding hydrogens is 410 g/mol. The lowest BCUT2D eigenvalue weighted by molar-refractivity contribution is -0.126. The number of benzene rings is 2. The Morgan fingerprint density at radius 2 is 1.69 bits per heavy atom. The number of rotatable bonds is 9. The molecule has 2 aromatic carbocycles. The Kier molecular flexibility index (Phi) is 8.33. The van der Waals surface area contributed by atoms with Crippen LogP contribution in [-0.4, -0.2) is 57.7 Å². The molecule has 0 saturated carbocycles. The second kappa shape index (κ2) is 11.4. The van der Waals surface area contributed by atoms with E-state index >= 15 is 0 Å². The summed E-state index contributed by atoms with van der Waals surface area (Å²) in [6.07, 6.45) is 1.45. The minimum absolute atomic E-state index is 0.0402. The van der Waals surface area contributed by atoms with Gasteiger partial charge >= 0.3 is 0 Å². The van der Waals surface area contributed by atoms with Crippen molar-refractivity contribution in [3.8, 4) is 17.2 Å². The van der Waals surface area contributed by atoms with Crippen LogP contribution in [0, 0.1) is 5.92 Å². The standard InChI is InChI=1S/C24H31N3O5/c1-30-19-6-4-5-17(13-19)15-25-24(29)18-9-11-27(12-10-18)16-23(28)26-21-8-7-20(31-2)14-22(21)32-3/h4-8,13-14,18H,9-12,15-16H2,1-3H3,(H,25,29)(H,26,28). The highest BCUT2D eigenvalue weighted by molar-refractivity contribution is 5.93.